The van der Waals surface area contributed by atoms with Crippen molar-refractivity contribution in [1.29, 1.82) is 0 Å². The normalized spacial score (nSPS) is 16.9. The molecule has 46 heavy (non-hydrogen) atoms. The van der Waals surface area contributed by atoms with Crippen molar-refractivity contribution in [2.75, 3.05) is 26.4 Å². The van der Waals surface area contributed by atoms with Crippen LogP contribution in [0.3, 0.4) is 0 Å². The standard InChI is InChI=1S/C43H88O3/c1-35(2)17-11-19-37(5)21-13-23-39(7)25-15-27-41(9)29-31-45-34-43(33-44)46-32-30-42(10)28-16-26-40(8)24-14-22-38(6)20-12-18-36(3)4/h35-44H,11-34H2,1-10H3/t37-,38-,39-,40-,41?,42?,43?/m1/s1. The minimum Gasteiger partial charge on any atom is -0.394 e. The van der Waals surface area contributed by atoms with Crippen molar-refractivity contribution in [1.82, 2.24) is 0 Å². The third kappa shape index (κ3) is 31.2. The predicted octanol–water partition coefficient (Wildman–Crippen LogP) is 13.3. The lowest BCUT2D eigenvalue weighted by atomic mass is 9.91. The molecule has 3 heteroatoms. The number of ether oxygens (including phenoxy) is 2. The number of hydrogen-bond acceptors (Lipinski definition) is 3. The summed E-state index contributed by atoms with van der Waals surface area (Å²) in [6.45, 7) is 25.9. The van der Waals surface area contributed by atoms with Gasteiger partial charge in [-0.2, -0.15) is 0 Å². The highest BCUT2D eigenvalue weighted by Crippen LogP contribution is 2.24. The van der Waals surface area contributed by atoms with Crippen LogP contribution >= 0.6 is 0 Å². The summed E-state index contributed by atoms with van der Waals surface area (Å²) in [6, 6.07) is 0. The van der Waals surface area contributed by atoms with Gasteiger partial charge in [-0.25, -0.2) is 0 Å². The summed E-state index contributed by atoms with van der Waals surface area (Å²) in [4.78, 5) is 0. The van der Waals surface area contributed by atoms with E-state index >= 15 is 0 Å². The van der Waals surface area contributed by atoms with Gasteiger partial charge in [0.05, 0.1) is 13.2 Å². The Balaban J connectivity index is 3.77. The van der Waals surface area contributed by atoms with Crippen LogP contribution in [0.25, 0.3) is 0 Å². The second kappa shape index (κ2) is 30.9. The van der Waals surface area contributed by atoms with Crippen LogP contribution in [0, 0.1) is 47.3 Å². The van der Waals surface area contributed by atoms with Gasteiger partial charge in [0.1, 0.15) is 6.10 Å². The molecule has 0 aliphatic heterocycles. The minimum absolute atomic E-state index is 0.0480. The SMILES string of the molecule is CC(C)CCC[C@@H](C)CCC[C@@H](C)CCCC(C)CCOCC(CO)OCCC(C)CCC[C@H](C)CCC[C@H](C)CCCC(C)C. The molecule has 0 saturated carbocycles. The molecule has 3 unspecified atom stereocenters. The summed E-state index contributed by atoms with van der Waals surface area (Å²) in [7, 11) is 0. The lowest BCUT2D eigenvalue weighted by molar-refractivity contribution is -0.0471. The van der Waals surface area contributed by atoms with E-state index in [1.807, 2.05) is 0 Å². The molecule has 3 nitrogen and oxygen atoms in total. The lowest BCUT2D eigenvalue weighted by Crippen LogP contribution is -2.25. The van der Waals surface area contributed by atoms with Crippen molar-refractivity contribution in [2.45, 2.75) is 204 Å². The molecular formula is C43H88O3. The summed E-state index contributed by atoms with van der Waals surface area (Å²) >= 11 is 0. The minimum atomic E-state index is -0.186. The molecular weight excluding hydrogens is 564 g/mol. The number of hydrogen-bond donors (Lipinski definition) is 1. The largest absolute Gasteiger partial charge is 0.394 e. The van der Waals surface area contributed by atoms with E-state index < -0.39 is 0 Å². The van der Waals surface area contributed by atoms with Gasteiger partial charge < -0.3 is 14.6 Å². The van der Waals surface area contributed by atoms with E-state index in [2.05, 4.69) is 69.2 Å². The molecule has 0 amide bonds. The van der Waals surface area contributed by atoms with Crippen LogP contribution in [-0.4, -0.2) is 37.6 Å². The van der Waals surface area contributed by atoms with Crippen LogP contribution in [0.5, 0.6) is 0 Å². The van der Waals surface area contributed by atoms with Gasteiger partial charge in [0.15, 0.2) is 0 Å². The Hall–Kier alpha value is -0.120. The second-order valence-electron chi connectivity index (χ2n) is 17.3. The molecule has 0 aliphatic carbocycles. The van der Waals surface area contributed by atoms with Gasteiger partial charge in [0.2, 0.25) is 0 Å². The smallest absolute Gasteiger partial charge is 0.104 e. The summed E-state index contributed by atoms with van der Waals surface area (Å²) in [5.41, 5.74) is 0. The van der Waals surface area contributed by atoms with Crippen LogP contribution in [-0.2, 0) is 9.47 Å². The van der Waals surface area contributed by atoms with Crippen LogP contribution in [0.1, 0.15) is 198 Å². The molecule has 278 valence electrons. The summed E-state index contributed by atoms with van der Waals surface area (Å²) < 4.78 is 11.9. The third-order valence-electron chi connectivity index (χ3n) is 10.8. The lowest BCUT2D eigenvalue weighted by Gasteiger charge is -2.19. The molecule has 7 atom stereocenters. The van der Waals surface area contributed by atoms with Gasteiger partial charge in [0.25, 0.3) is 0 Å². The first-order valence-electron chi connectivity index (χ1n) is 20.7. The Labute approximate surface area is 291 Å². The molecule has 0 aliphatic rings. The highest BCUT2D eigenvalue weighted by molar-refractivity contribution is 4.64. The molecule has 0 rings (SSSR count). The van der Waals surface area contributed by atoms with Crippen LogP contribution in [0.4, 0.5) is 0 Å². The van der Waals surface area contributed by atoms with E-state index in [0.717, 1.165) is 61.6 Å². The maximum Gasteiger partial charge on any atom is 0.104 e. The fourth-order valence-corrected chi connectivity index (χ4v) is 6.96. The quantitative estimate of drug-likeness (QED) is 0.0703. The number of aliphatic hydroxyl groups is 1. The number of rotatable bonds is 34. The van der Waals surface area contributed by atoms with E-state index in [1.54, 1.807) is 0 Å². The number of aliphatic hydroxyl groups excluding tert-OH is 1. The average molecular weight is 653 g/mol. The van der Waals surface area contributed by atoms with Crippen LogP contribution < -0.4 is 0 Å². The first kappa shape index (κ1) is 45.9. The first-order chi connectivity index (χ1) is 21.9. The predicted molar refractivity (Wildman–Crippen MR) is 205 cm³/mol. The molecule has 0 aromatic rings. The molecule has 0 fully saturated rings. The molecule has 0 saturated heterocycles. The van der Waals surface area contributed by atoms with Gasteiger partial charge in [-0.1, -0.05) is 185 Å². The fraction of sp³-hybridized carbons (Fsp3) is 1.00. The topological polar surface area (TPSA) is 38.7 Å². The van der Waals surface area contributed by atoms with E-state index in [1.165, 1.54) is 116 Å². The van der Waals surface area contributed by atoms with Crippen LogP contribution in [0.2, 0.25) is 0 Å². The van der Waals surface area contributed by atoms with E-state index in [-0.39, 0.29) is 12.7 Å². The Bertz CT molecular complexity index is 619. The highest BCUT2D eigenvalue weighted by Gasteiger charge is 2.13. The Morgan fingerprint density at radius 3 is 0.957 bits per heavy atom. The summed E-state index contributed by atoms with van der Waals surface area (Å²) in [5.74, 6) is 6.57. The molecule has 1 N–H and O–H groups in total. The van der Waals surface area contributed by atoms with Crippen molar-refractivity contribution >= 4 is 0 Å². The van der Waals surface area contributed by atoms with Gasteiger partial charge in [-0.15, -0.1) is 0 Å². The van der Waals surface area contributed by atoms with Gasteiger partial charge in [-0.05, 0) is 60.2 Å². The van der Waals surface area contributed by atoms with Crippen LogP contribution in [0.15, 0.2) is 0 Å². The maximum absolute atomic E-state index is 9.78. The van der Waals surface area contributed by atoms with Gasteiger partial charge in [-0.3, -0.25) is 0 Å². The summed E-state index contributed by atoms with van der Waals surface area (Å²) in [6.07, 6.45) is 26.8. The molecule has 0 radical (unpaired) electrons. The van der Waals surface area contributed by atoms with E-state index in [0.29, 0.717) is 18.4 Å². The van der Waals surface area contributed by atoms with E-state index in [4.69, 9.17) is 9.47 Å². The van der Waals surface area contributed by atoms with Crippen molar-refractivity contribution in [3.8, 4) is 0 Å². The molecule has 0 spiro atoms. The zero-order valence-electron chi connectivity index (χ0n) is 33.4. The molecule has 0 aromatic carbocycles. The molecule has 0 heterocycles. The maximum atomic E-state index is 9.78. The summed E-state index contributed by atoms with van der Waals surface area (Å²) in [5, 5.41) is 9.78. The van der Waals surface area contributed by atoms with Crippen molar-refractivity contribution < 1.29 is 14.6 Å². The molecule has 0 bridgehead atoms. The third-order valence-corrected chi connectivity index (χ3v) is 10.8. The Morgan fingerprint density at radius 2 is 0.652 bits per heavy atom. The molecule has 0 aromatic heterocycles. The zero-order chi connectivity index (χ0) is 34.6. The second-order valence-corrected chi connectivity index (χ2v) is 17.3. The zero-order valence-corrected chi connectivity index (χ0v) is 33.4. The average Bonchev–Trinajstić information content (AvgIpc) is 2.98. The fourth-order valence-electron chi connectivity index (χ4n) is 6.96. The van der Waals surface area contributed by atoms with Crippen molar-refractivity contribution in [2.24, 2.45) is 47.3 Å². The van der Waals surface area contributed by atoms with Gasteiger partial charge in [0, 0.05) is 13.2 Å². The van der Waals surface area contributed by atoms with Crippen molar-refractivity contribution in [3.63, 3.8) is 0 Å². The van der Waals surface area contributed by atoms with Crippen molar-refractivity contribution in [3.05, 3.63) is 0 Å². The van der Waals surface area contributed by atoms with E-state index in [9.17, 15) is 5.11 Å². The Kier molecular flexibility index (Phi) is 30.8. The highest BCUT2D eigenvalue weighted by atomic mass is 16.5. The van der Waals surface area contributed by atoms with Gasteiger partial charge >= 0.3 is 0 Å². The first-order valence-corrected chi connectivity index (χ1v) is 20.7. The Morgan fingerprint density at radius 1 is 0.370 bits per heavy atom. The monoisotopic (exact) mass is 653 g/mol.